The Hall–Kier alpha value is -2.22. The van der Waals surface area contributed by atoms with Crippen LogP contribution in [0.25, 0.3) is 22.2 Å². The zero-order chi connectivity index (χ0) is 18.3. The van der Waals surface area contributed by atoms with Gasteiger partial charge in [-0.25, -0.2) is 18.1 Å². The van der Waals surface area contributed by atoms with Crippen molar-refractivity contribution in [2.24, 2.45) is 0 Å². The number of nitrogens with one attached hydrogen (secondary N) is 2. The second kappa shape index (κ2) is 6.50. The highest BCUT2D eigenvalue weighted by Gasteiger charge is 2.29. The van der Waals surface area contributed by atoms with Crippen LogP contribution in [-0.4, -0.2) is 35.6 Å². The van der Waals surface area contributed by atoms with E-state index in [2.05, 4.69) is 14.7 Å². The largest absolute Gasteiger partial charge is 0.391 e. The molecule has 0 bridgehead atoms. The Morgan fingerprint density at radius 2 is 1.96 bits per heavy atom. The lowest BCUT2D eigenvalue weighted by Crippen LogP contribution is -2.39. The summed E-state index contributed by atoms with van der Waals surface area (Å²) in [5.41, 5.74) is 3.77. The maximum absolute atomic E-state index is 12.6. The Morgan fingerprint density at radius 3 is 2.65 bits per heavy atom. The molecule has 2 atom stereocenters. The Morgan fingerprint density at radius 1 is 1.19 bits per heavy atom. The van der Waals surface area contributed by atoms with Crippen LogP contribution in [-0.2, 0) is 10.0 Å². The zero-order valence-corrected chi connectivity index (χ0v) is 15.3. The highest BCUT2D eigenvalue weighted by Crippen LogP contribution is 2.29. The SMILES string of the molecule is Cc1cc2c(-c3ccc(S(=O)(=O)N[C@@H]4CCC[C@H]4O)cc3)ccnc2[nH]1. The fraction of sp³-hybridized carbons (Fsp3) is 0.316. The number of rotatable bonds is 4. The zero-order valence-electron chi connectivity index (χ0n) is 14.4. The van der Waals surface area contributed by atoms with Crippen LogP contribution in [0.5, 0.6) is 0 Å². The number of benzene rings is 1. The Bertz CT molecular complexity index is 1040. The molecular weight excluding hydrogens is 350 g/mol. The number of aromatic amines is 1. The summed E-state index contributed by atoms with van der Waals surface area (Å²) in [5.74, 6) is 0. The summed E-state index contributed by atoms with van der Waals surface area (Å²) in [6, 6.07) is 10.4. The Labute approximate surface area is 152 Å². The molecule has 26 heavy (non-hydrogen) atoms. The first-order valence-electron chi connectivity index (χ1n) is 8.69. The van der Waals surface area contributed by atoms with Gasteiger partial charge in [-0.3, -0.25) is 0 Å². The first-order chi connectivity index (χ1) is 12.4. The molecule has 4 rings (SSSR count). The molecular formula is C19H21N3O3S. The molecule has 1 saturated carbocycles. The van der Waals surface area contributed by atoms with Crippen LogP contribution in [0.3, 0.4) is 0 Å². The maximum atomic E-state index is 12.6. The maximum Gasteiger partial charge on any atom is 0.240 e. The lowest BCUT2D eigenvalue weighted by molar-refractivity contribution is 0.159. The molecule has 3 aromatic rings. The second-order valence-corrected chi connectivity index (χ2v) is 8.54. The van der Waals surface area contributed by atoms with Crippen molar-refractivity contribution < 1.29 is 13.5 Å². The fourth-order valence-electron chi connectivity index (χ4n) is 3.57. The topological polar surface area (TPSA) is 95.1 Å². The van der Waals surface area contributed by atoms with Gasteiger partial charge in [0.2, 0.25) is 10.0 Å². The van der Waals surface area contributed by atoms with Crippen molar-refractivity contribution in [3.63, 3.8) is 0 Å². The van der Waals surface area contributed by atoms with Crippen molar-refractivity contribution in [3.05, 3.63) is 48.3 Å². The summed E-state index contributed by atoms with van der Waals surface area (Å²) >= 11 is 0. The van der Waals surface area contributed by atoms with Gasteiger partial charge < -0.3 is 10.1 Å². The quantitative estimate of drug-likeness (QED) is 0.657. The molecule has 0 unspecified atom stereocenters. The normalized spacial score (nSPS) is 20.7. The molecule has 0 radical (unpaired) electrons. The van der Waals surface area contributed by atoms with Crippen LogP contribution in [0.2, 0.25) is 0 Å². The number of pyridine rings is 1. The summed E-state index contributed by atoms with van der Waals surface area (Å²) in [6.45, 7) is 1.98. The molecule has 1 aliphatic rings. The summed E-state index contributed by atoms with van der Waals surface area (Å²) in [7, 11) is -3.64. The van der Waals surface area contributed by atoms with Gasteiger partial charge in [0.1, 0.15) is 5.65 Å². The molecule has 7 heteroatoms. The van der Waals surface area contributed by atoms with Crippen molar-refractivity contribution >= 4 is 21.1 Å². The molecule has 0 saturated heterocycles. The Kier molecular flexibility index (Phi) is 4.30. The van der Waals surface area contributed by atoms with E-state index in [1.165, 1.54) is 0 Å². The van der Waals surface area contributed by atoms with E-state index in [0.29, 0.717) is 12.8 Å². The van der Waals surface area contributed by atoms with E-state index in [9.17, 15) is 13.5 Å². The van der Waals surface area contributed by atoms with Crippen molar-refractivity contribution in [2.75, 3.05) is 0 Å². The average molecular weight is 371 g/mol. The number of hydrogen-bond donors (Lipinski definition) is 3. The molecule has 2 aromatic heterocycles. The average Bonchev–Trinajstić information content (AvgIpc) is 3.19. The van der Waals surface area contributed by atoms with Crippen LogP contribution in [0.15, 0.2) is 47.5 Å². The number of hydrogen-bond acceptors (Lipinski definition) is 4. The van der Waals surface area contributed by atoms with Gasteiger partial charge in [0.15, 0.2) is 0 Å². The van der Waals surface area contributed by atoms with E-state index in [-0.39, 0.29) is 4.90 Å². The number of nitrogens with zero attached hydrogens (tertiary/aromatic N) is 1. The second-order valence-electron chi connectivity index (χ2n) is 6.82. The number of aryl methyl sites for hydroxylation is 1. The molecule has 2 heterocycles. The lowest BCUT2D eigenvalue weighted by Gasteiger charge is -2.16. The van der Waals surface area contributed by atoms with Crippen LogP contribution in [0.1, 0.15) is 25.0 Å². The molecule has 1 fully saturated rings. The minimum Gasteiger partial charge on any atom is -0.391 e. The first-order valence-corrected chi connectivity index (χ1v) is 10.2. The fourth-order valence-corrected chi connectivity index (χ4v) is 4.87. The van der Waals surface area contributed by atoms with Gasteiger partial charge in [0.05, 0.1) is 11.0 Å². The lowest BCUT2D eigenvalue weighted by atomic mass is 10.0. The van der Waals surface area contributed by atoms with Crippen LogP contribution < -0.4 is 4.72 Å². The first kappa shape index (κ1) is 17.2. The van der Waals surface area contributed by atoms with Gasteiger partial charge in [-0.2, -0.15) is 0 Å². The molecule has 1 aliphatic carbocycles. The van der Waals surface area contributed by atoms with Gasteiger partial charge in [-0.1, -0.05) is 12.1 Å². The monoisotopic (exact) mass is 371 g/mol. The predicted molar refractivity (Wildman–Crippen MR) is 100 cm³/mol. The smallest absolute Gasteiger partial charge is 0.240 e. The number of sulfonamides is 1. The van der Waals surface area contributed by atoms with Gasteiger partial charge in [0.25, 0.3) is 0 Å². The molecule has 1 aromatic carbocycles. The molecule has 0 amide bonds. The third kappa shape index (κ3) is 3.13. The highest BCUT2D eigenvalue weighted by atomic mass is 32.2. The summed E-state index contributed by atoms with van der Waals surface area (Å²) in [5, 5.41) is 10.9. The van der Waals surface area contributed by atoms with Crippen molar-refractivity contribution in [1.82, 2.24) is 14.7 Å². The van der Waals surface area contributed by atoms with E-state index in [1.54, 1.807) is 30.5 Å². The number of aliphatic hydroxyl groups excluding tert-OH is 1. The van der Waals surface area contributed by atoms with E-state index >= 15 is 0 Å². The third-order valence-corrected chi connectivity index (χ3v) is 6.43. The number of fused-ring (bicyclic) bond motifs is 1. The number of H-pyrrole nitrogens is 1. The van der Waals surface area contributed by atoms with Crippen LogP contribution in [0, 0.1) is 6.92 Å². The van der Waals surface area contributed by atoms with Crippen molar-refractivity contribution in [2.45, 2.75) is 43.2 Å². The molecule has 0 spiro atoms. The van der Waals surface area contributed by atoms with Crippen LogP contribution in [0.4, 0.5) is 0 Å². The van der Waals surface area contributed by atoms with Gasteiger partial charge in [-0.05, 0) is 61.6 Å². The van der Waals surface area contributed by atoms with E-state index < -0.39 is 22.2 Å². The van der Waals surface area contributed by atoms with Gasteiger partial charge in [0, 0.05) is 23.3 Å². The van der Waals surface area contributed by atoms with Crippen LogP contribution >= 0.6 is 0 Å². The van der Waals surface area contributed by atoms with E-state index in [1.807, 2.05) is 19.1 Å². The predicted octanol–water partition coefficient (Wildman–Crippen LogP) is 2.73. The minimum atomic E-state index is -3.64. The van der Waals surface area contributed by atoms with Crippen molar-refractivity contribution in [3.8, 4) is 11.1 Å². The molecule has 6 nitrogen and oxygen atoms in total. The van der Waals surface area contributed by atoms with Gasteiger partial charge >= 0.3 is 0 Å². The standard InChI is InChI=1S/C19H21N3O3S/c1-12-11-16-15(9-10-20-19(16)21-12)13-5-7-14(8-6-13)26(24,25)22-17-3-2-4-18(17)23/h5-11,17-18,22-23H,2-4H2,1H3,(H,20,21)/t17-,18-/m1/s1. The van der Waals surface area contributed by atoms with E-state index in [0.717, 1.165) is 34.3 Å². The highest BCUT2D eigenvalue weighted by molar-refractivity contribution is 7.89. The van der Waals surface area contributed by atoms with E-state index in [4.69, 9.17) is 0 Å². The minimum absolute atomic E-state index is 0.205. The van der Waals surface area contributed by atoms with Gasteiger partial charge in [-0.15, -0.1) is 0 Å². The summed E-state index contributed by atoms with van der Waals surface area (Å²) in [4.78, 5) is 7.74. The summed E-state index contributed by atoms with van der Waals surface area (Å²) < 4.78 is 27.7. The number of aromatic nitrogens is 2. The molecule has 136 valence electrons. The number of aliphatic hydroxyl groups is 1. The van der Waals surface area contributed by atoms with Crippen molar-refractivity contribution in [1.29, 1.82) is 0 Å². The third-order valence-electron chi connectivity index (χ3n) is 4.93. The molecule has 3 N–H and O–H groups in total. The molecule has 0 aliphatic heterocycles. The summed E-state index contributed by atoms with van der Waals surface area (Å²) in [6.07, 6.45) is 3.27. The Balaban J connectivity index is 1.64.